The van der Waals surface area contributed by atoms with E-state index in [0.29, 0.717) is 25.0 Å². The van der Waals surface area contributed by atoms with Crippen LogP contribution in [0.25, 0.3) is 0 Å². The molecular weight excluding hydrogens is 717 g/mol. The van der Waals surface area contributed by atoms with Crippen molar-refractivity contribution >= 4 is 29.4 Å². The van der Waals surface area contributed by atoms with E-state index >= 15 is 0 Å². The fourth-order valence-electron chi connectivity index (χ4n) is 6.15. The summed E-state index contributed by atoms with van der Waals surface area (Å²) in [7, 11) is 0.317. The third kappa shape index (κ3) is 9.72. The van der Waals surface area contributed by atoms with Crippen molar-refractivity contribution in [2.75, 3.05) is 13.2 Å². The number of hydrogen-bond acceptors (Lipinski definition) is 7. The Morgan fingerprint density at radius 2 is 0.855 bits per heavy atom. The third-order valence-corrected chi connectivity index (χ3v) is 12.3. The summed E-state index contributed by atoms with van der Waals surface area (Å²) in [5.41, 5.74) is 5.58. The molecule has 2 unspecified atom stereocenters. The predicted octanol–water partition coefficient (Wildman–Crippen LogP) is 9.21. The number of para-hydroxylation sites is 2. The third-order valence-electron chi connectivity index (χ3n) is 9.37. The van der Waals surface area contributed by atoms with Gasteiger partial charge in [0.05, 0.1) is 35.1 Å². The Bertz CT molecular complexity index is 2030. The van der Waals surface area contributed by atoms with Crippen LogP contribution in [0.4, 0.5) is 0 Å². The van der Waals surface area contributed by atoms with Gasteiger partial charge in [0.15, 0.2) is 0 Å². The Morgan fingerprint density at radius 1 is 0.491 bits per heavy atom. The lowest BCUT2D eigenvalue weighted by Crippen LogP contribution is -2.51. The lowest BCUT2D eigenvalue weighted by atomic mass is 10.1. The summed E-state index contributed by atoms with van der Waals surface area (Å²) in [5.74, 6) is 4.19. The summed E-state index contributed by atoms with van der Waals surface area (Å²) in [5, 5.41) is 0.330. The number of aromatic nitrogens is 2. The van der Waals surface area contributed by atoms with E-state index in [9.17, 15) is 0 Å². The van der Waals surface area contributed by atoms with Crippen molar-refractivity contribution in [2.45, 2.75) is 65.8 Å². The van der Waals surface area contributed by atoms with E-state index in [0.717, 1.165) is 67.0 Å². The number of aryl methyl sites for hydroxylation is 2. The topological polar surface area (TPSA) is 71.9 Å². The van der Waals surface area contributed by atoms with Crippen molar-refractivity contribution in [3.05, 3.63) is 155 Å². The molecule has 4 radical (unpaired) electrons. The number of ether oxygens (including phenoxy) is 5. The highest BCUT2D eigenvalue weighted by atomic mass is 28.2. The summed E-state index contributed by atoms with van der Waals surface area (Å²) in [6.07, 6.45) is 0. The quantitative estimate of drug-likeness (QED) is 0.0911. The lowest BCUT2D eigenvalue weighted by Gasteiger charge is -2.40. The van der Waals surface area contributed by atoms with Crippen molar-refractivity contribution in [2.24, 2.45) is 0 Å². The van der Waals surface area contributed by atoms with Crippen LogP contribution in [0.2, 0.25) is 0 Å². The van der Waals surface area contributed by atoms with Crippen molar-refractivity contribution in [3.63, 3.8) is 0 Å². The van der Waals surface area contributed by atoms with Crippen LogP contribution < -0.4 is 29.3 Å². The van der Waals surface area contributed by atoms with Gasteiger partial charge in [0.1, 0.15) is 42.0 Å². The molecule has 2 atom stereocenters. The summed E-state index contributed by atoms with van der Waals surface area (Å²) >= 11 is 0. The van der Waals surface area contributed by atoms with E-state index in [4.69, 9.17) is 33.7 Å². The number of pyridine rings is 2. The van der Waals surface area contributed by atoms with Gasteiger partial charge in [-0.3, -0.25) is 0 Å². The van der Waals surface area contributed by atoms with E-state index in [1.165, 1.54) is 0 Å². The molecule has 0 N–H and O–H groups in total. The Hall–Kier alpha value is -5.23. The van der Waals surface area contributed by atoms with Crippen LogP contribution in [0.1, 0.15) is 61.3 Å². The molecule has 0 amide bonds. The average molecular weight is 765 g/mol. The van der Waals surface area contributed by atoms with Crippen LogP contribution in [0.5, 0.6) is 34.8 Å². The van der Waals surface area contributed by atoms with Crippen LogP contribution >= 0.6 is 0 Å². The van der Waals surface area contributed by atoms with Crippen molar-refractivity contribution in [1.29, 1.82) is 0 Å². The van der Waals surface area contributed by atoms with Gasteiger partial charge in [0.25, 0.3) is 0 Å². The number of benzene rings is 4. The summed E-state index contributed by atoms with van der Waals surface area (Å²) in [6.45, 7) is 17.7. The lowest BCUT2D eigenvalue weighted by molar-refractivity contribution is -0.0631. The van der Waals surface area contributed by atoms with Gasteiger partial charge >= 0.3 is 0 Å². The highest BCUT2D eigenvalue weighted by Crippen LogP contribution is 2.39. The van der Waals surface area contributed by atoms with E-state index in [2.05, 4.69) is 64.1 Å². The van der Waals surface area contributed by atoms with E-state index in [-0.39, 0.29) is 19.0 Å². The van der Waals surface area contributed by atoms with Gasteiger partial charge in [-0.15, -0.1) is 0 Å². The second-order valence-electron chi connectivity index (χ2n) is 13.7. The number of hydrogen-bond donors (Lipinski definition) is 0. The molecule has 55 heavy (non-hydrogen) atoms. The molecule has 0 bridgehead atoms. The van der Waals surface area contributed by atoms with Crippen molar-refractivity contribution in [3.8, 4) is 34.8 Å². The Balaban J connectivity index is 1.50. The monoisotopic (exact) mass is 764 g/mol. The van der Waals surface area contributed by atoms with Gasteiger partial charge in [-0.2, -0.15) is 0 Å². The first-order valence-electron chi connectivity index (χ1n) is 18.6. The minimum Gasteiger partial charge on any atom is -0.494 e. The number of nitrogens with zero attached hydrogens (tertiary/aromatic N) is 2. The molecule has 0 saturated heterocycles. The second kappa shape index (κ2) is 17.5. The molecule has 0 aliphatic rings. The van der Waals surface area contributed by atoms with Gasteiger partial charge in [-0.05, 0) is 127 Å². The maximum absolute atomic E-state index is 7.69. The zero-order chi connectivity index (χ0) is 39.0. The van der Waals surface area contributed by atoms with Gasteiger partial charge in [0, 0.05) is 11.1 Å². The summed E-state index contributed by atoms with van der Waals surface area (Å²) < 4.78 is 32.2. The normalized spacial score (nSPS) is 13.4. The minimum absolute atomic E-state index is 0.158. The van der Waals surface area contributed by atoms with Gasteiger partial charge in [0.2, 0.25) is 11.8 Å². The average Bonchev–Trinajstić information content (AvgIpc) is 3.17. The molecule has 4 aromatic carbocycles. The van der Waals surface area contributed by atoms with Crippen molar-refractivity contribution in [1.82, 2.24) is 9.97 Å². The Morgan fingerprint density at radius 3 is 1.20 bits per heavy atom. The van der Waals surface area contributed by atoms with Crippen LogP contribution in [-0.2, 0) is 15.2 Å². The molecule has 9 heteroatoms. The first-order chi connectivity index (χ1) is 26.5. The SMILES string of the molecule is CCOc1ccc([Si]C(C)(OC(C)([Si]c2ccc(OCC)cc2)c2cc(C)c(C)c(Oc3ccccc3)n2)c2cc(C)c(C)c(Oc3ccccc3)n2)cc1. The van der Waals surface area contributed by atoms with E-state index in [1.807, 2.05) is 113 Å². The van der Waals surface area contributed by atoms with Crippen LogP contribution in [0.3, 0.4) is 0 Å². The standard InChI is InChI=1S/C46H48N2O5Si2/c1-9-49-35-21-25-39(26-22-35)54-45(7,41-29-31(3)33(5)43(47-41)51-37-17-13-11-14-18-37)53-46(8,55-40-27-23-36(24-28-40)50-10-2)42-30-32(4)34(6)44(48-42)52-38-19-15-12-16-20-38/h11-30H,9-10H2,1-8H3. The van der Waals surface area contributed by atoms with Crippen LogP contribution in [0, 0.1) is 27.7 Å². The zero-order valence-electron chi connectivity index (χ0n) is 32.9. The fraction of sp³-hybridized carbons (Fsp3) is 0.261. The van der Waals surface area contributed by atoms with Gasteiger partial charge < -0.3 is 23.7 Å². The van der Waals surface area contributed by atoms with Gasteiger partial charge in [-0.25, -0.2) is 9.97 Å². The molecule has 2 heterocycles. The second-order valence-corrected chi connectivity index (χ2v) is 17.2. The first-order valence-corrected chi connectivity index (χ1v) is 20.6. The summed E-state index contributed by atoms with van der Waals surface area (Å²) in [4.78, 5) is 10.5. The fourth-order valence-corrected chi connectivity index (χ4v) is 9.04. The van der Waals surface area contributed by atoms with Crippen LogP contribution in [-0.4, -0.2) is 42.2 Å². The summed E-state index contributed by atoms with van der Waals surface area (Å²) in [6, 6.07) is 40.3. The molecule has 6 aromatic rings. The molecule has 0 aliphatic carbocycles. The molecule has 2 aromatic heterocycles. The maximum Gasteiger partial charge on any atom is 0.222 e. The highest BCUT2D eigenvalue weighted by Gasteiger charge is 2.43. The molecule has 0 saturated carbocycles. The molecule has 0 aliphatic heterocycles. The largest absolute Gasteiger partial charge is 0.494 e. The smallest absolute Gasteiger partial charge is 0.222 e. The molecular formula is C46H48N2O5Si2. The van der Waals surface area contributed by atoms with E-state index in [1.54, 1.807) is 0 Å². The highest BCUT2D eigenvalue weighted by molar-refractivity contribution is 6.57. The maximum atomic E-state index is 7.69. The Kier molecular flexibility index (Phi) is 12.6. The minimum atomic E-state index is -0.936. The molecule has 6 rings (SSSR count). The van der Waals surface area contributed by atoms with Crippen LogP contribution in [0.15, 0.2) is 121 Å². The molecule has 7 nitrogen and oxygen atoms in total. The van der Waals surface area contributed by atoms with Gasteiger partial charge in [-0.1, -0.05) is 71.0 Å². The molecule has 0 spiro atoms. The number of rotatable bonds is 16. The van der Waals surface area contributed by atoms with Crippen molar-refractivity contribution < 1.29 is 23.7 Å². The Labute approximate surface area is 330 Å². The predicted molar refractivity (Wildman–Crippen MR) is 222 cm³/mol. The van der Waals surface area contributed by atoms with E-state index < -0.39 is 10.4 Å². The molecule has 280 valence electrons. The molecule has 0 fully saturated rings. The first kappa shape index (κ1) is 39.5. The zero-order valence-corrected chi connectivity index (χ0v) is 34.9.